The van der Waals surface area contributed by atoms with Crippen molar-refractivity contribution in [3.63, 3.8) is 0 Å². The Morgan fingerprint density at radius 1 is 0.174 bits per heavy atom. The molecule has 0 heterocycles. The average molecular weight is 2040 g/mol. The minimum Gasteiger partial charge on any atom is -0.375 e. The molecule has 816 valence electrons. The van der Waals surface area contributed by atoms with Crippen LogP contribution < -0.4 is 0 Å². The monoisotopic (exact) mass is 2030 g/mol. The Kier molecular flexibility index (Phi) is 82.7. The van der Waals surface area contributed by atoms with Crippen LogP contribution in [0.1, 0.15) is 233 Å². The summed E-state index contributed by atoms with van der Waals surface area (Å²) in [6, 6.07) is 84.5. The molecule has 8 aromatic rings. The lowest BCUT2D eigenvalue weighted by Crippen LogP contribution is -2.51. The molecule has 8 rings (SSSR count). The number of benzene rings is 8. The molecule has 16 heteroatoms. The Morgan fingerprint density at radius 2 is 0.368 bits per heavy atom. The summed E-state index contributed by atoms with van der Waals surface area (Å²) < 4.78 is 44.2. The minimum atomic E-state index is 0.739. The summed E-state index contributed by atoms with van der Waals surface area (Å²) in [5.74, 6) is 4.79. The first-order chi connectivity index (χ1) is 69.7. The molecule has 0 amide bonds. The molecular formula is C128H224N8O6S2+8. The first-order valence-electron chi connectivity index (χ1n) is 57.4. The van der Waals surface area contributed by atoms with Crippen LogP contribution in [-0.4, -0.2) is 326 Å². The van der Waals surface area contributed by atoms with Crippen LogP contribution in [0.4, 0.5) is 0 Å². The SMILES string of the molecule is CCCC[N+](CC)(CCC)CCOCCc1ccccc1.CCCC[N+](CC)(CCC)CCOCc1ccccc1.CCC[N+](CC)(CCC)CCOCCc1ccccc1.CCC[N+](CC)(CCC)CCOCc1ccccc1.CC[N+](CC)(CC)CCOCCc1ccccc1.CC[N+](CC)(CC)CCSCc1ccccc1.C[N+](C)(C)CCOCCc1ccccc1.C[N+](C)(C)CCSCc1ccccc1. The average Bonchev–Trinajstić information content (AvgIpc) is 0.890. The lowest BCUT2D eigenvalue weighted by atomic mass is 10.2. The highest BCUT2D eigenvalue weighted by atomic mass is 32.2. The number of hydrogen-bond acceptors (Lipinski definition) is 8. The summed E-state index contributed by atoms with van der Waals surface area (Å²) in [4.78, 5) is 0. The van der Waals surface area contributed by atoms with Gasteiger partial charge in [0.15, 0.2) is 0 Å². The van der Waals surface area contributed by atoms with Crippen molar-refractivity contribution in [2.75, 3.05) is 290 Å². The van der Waals surface area contributed by atoms with E-state index in [2.05, 4.69) is 409 Å². The van der Waals surface area contributed by atoms with E-state index in [-0.39, 0.29) is 0 Å². The van der Waals surface area contributed by atoms with Gasteiger partial charge in [0.05, 0.1) is 252 Å². The molecule has 14 nitrogen and oxygen atoms in total. The third-order valence-corrected chi connectivity index (χ3v) is 30.9. The van der Waals surface area contributed by atoms with Gasteiger partial charge in [-0.2, -0.15) is 23.5 Å². The maximum Gasteiger partial charge on any atom is 0.102 e. The van der Waals surface area contributed by atoms with Crippen LogP contribution in [0.3, 0.4) is 0 Å². The smallest absolute Gasteiger partial charge is 0.102 e. The number of likely N-dealkylation sites (N-methyl/N-ethyl adjacent to an activating group) is 6. The normalized spacial score (nSPS) is 12.4. The third kappa shape index (κ3) is 68.6. The standard InChI is InChI=1S/C19H34NO.2C18H32NO.C17H30NO.C16H28NO.C15H26NS.C13H22NO.C12H20NS/c1-4-7-15-20(6-3,14-5-2)16-18-21-17-13-19-11-9-8-10-12-19;1-4-13-19(6-3,14-5-2)15-17-20-16-12-18-10-8-7-9-11-18;1-4-7-14-19(6-3,13-5-2)15-16-20-17-18-11-9-8-10-12-18;1-4-12-18(6-3,13-5-2)14-15-19-16-17-10-8-7-9-11-17;1-4-17(5-2,6-3)13-15-18-14-12-16-10-8-7-9-11-16;1-4-16(5-2,6-3)12-13-17-14-15-10-8-7-9-11-15;1-14(2,3)10-12-15-11-9-13-7-5-4-6-8-13;1-13(2,3)9-10-14-11-12-7-5-4-6-8-12/h8-12H,4-7,13-18H2,1-3H3;7-11H,4-6,12-17H2,1-3H3;8-12H,4-7,13-17H2,1-3H3;7-11H,4-6,12-16H2,1-3H3;7-11H,4-6,12-15H2,1-3H3;7-11H,4-6,12-14H2,1-3H3;4-8H,9-12H2,1-3H3;4-8H,9-11H2,1-3H3/q8*+1. The van der Waals surface area contributed by atoms with Gasteiger partial charge in [-0.25, -0.2) is 0 Å². The molecule has 0 aromatic heterocycles. The van der Waals surface area contributed by atoms with E-state index in [9.17, 15) is 0 Å². The minimum absolute atomic E-state index is 0.739. The first kappa shape index (κ1) is 136. The molecule has 0 aliphatic rings. The van der Waals surface area contributed by atoms with Gasteiger partial charge in [-0.05, 0) is 191 Å². The van der Waals surface area contributed by atoms with E-state index in [1.807, 2.05) is 23.9 Å². The Labute approximate surface area is 898 Å². The predicted octanol–water partition coefficient (Wildman–Crippen LogP) is 27.8. The van der Waals surface area contributed by atoms with Crippen LogP contribution in [0.5, 0.6) is 0 Å². The van der Waals surface area contributed by atoms with Gasteiger partial charge in [0, 0.05) is 23.0 Å². The number of thioether (sulfide) groups is 2. The molecule has 0 aliphatic heterocycles. The van der Waals surface area contributed by atoms with Crippen molar-refractivity contribution < 1.29 is 64.3 Å². The van der Waals surface area contributed by atoms with Crippen LogP contribution in [0.15, 0.2) is 243 Å². The van der Waals surface area contributed by atoms with Gasteiger partial charge >= 0.3 is 0 Å². The van der Waals surface area contributed by atoms with Crippen LogP contribution in [0.25, 0.3) is 0 Å². The topological polar surface area (TPSA) is 55.4 Å². The second kappa shape index (κ2) is 87.6. The zero-order valence-corrected chi connectivity index (χ0v) is 99.2. The molecule has 0 saturated carbocycles. The largest absolute Gasteiger partial charge is 0.375 e. The third-order valence-electron chi connectivity index (χ3n) is 28.9. The molecule has 0 aliphatic carbocycles. The molecule has 0 saturated heterocycles. The van der Waals surface area contributed by atoms with E-state index in [0.29, 0.717) is 0 Å². The van der Waals surface area contributed by atoms with Crippen LogP contribution in [0.2, 0.25) is 0 Å². The van der Waals surface area contributed by atoms with Gasteiger partial charge in [-0.15, -0.1) is 0 Å². The predicted molar refractivity (Wildman–Crippen MR) is 634 cm³/mol. The Balaban J connectivity index is 0.000000825. The highest BCUT2D eigenvalue weighted by molar-refractivity contribution is 7.98. The summed E-state index contributed by atoms with van der Waals surface area (Å²) >= 11 is 4.08. The highest BCUT2D eigenvalue weighted by Gasteiger charge is 2.28. The number of quaternary nitrogens is 8. The maximum absolute atomic E-state index is 5.91. The van der Waals surface area contributed by atoms with E-state index in [1.165, 1.54) is 285 Å². The van der Waals surface area contributed by atoms with E-state index in [4.69, 9.17) is 28.4 Å². The van der Waals surface area contributed by atoms with E-state index in [0.717, 1.165) is 158 Å². The van der Waals surface area contributed by atoms with Crippen molar-refractivity contribution in [3.8, 4) is 0 Å². The molecule has 0 N–H and O–H groups in total. The van der Waals surface area contributed by atoms with Gasteiger partial charge in [-0.1, -0.05) is 311 Å². The second-order valence-electron chi connectivity index (χ2n) is 41.6. The van der Waals surface area contributed by atoms with Crippen LogP contribution >= 0.6 is 23.5 Å². The molecule has 0 fully saturated rings. The van der Waals surface area contributed by atoms with Crippen molar-refractivity contribution >= 4 is 23.5 Å². The molecule has 144 heavy (non-hydrogen) atoms. The molecular weight excluding hydrogens is 1810 g/mol. The van der Waals surface area contributed by atoms with E-state index < -0.39 is 0 Å². The molecule has 2 atom stereocenters. The summed E-state index contributed by atoms with van der Waals surface area (Å²) in [6.45, 7) is 83.3. The molecule has 8 aromatic carbocycles. The summed E-state index contributed by atoms with van der Waals surface area (Å²) in [5.41, 5.74) is 10.9. The zero-order valence-electron chi connectivity index (χ0n) is 97.5. The fourth-order valence-electron chi connectivity index (χ4n) is 18.4. The van der Waals surface area contributed by atoms with Gasteiger partial charge in [0.25, 0.3) is 0 Å². The van der Waals surface area contributed by atoms with E-state index >= 15 is 0 Å². The number of nitrogens with zero attached hydrogens (tertiary/aromatic N) is 8. The molecule has 0 bridgehead atoms. The van der Waals surface area contributed by atoms with Gasteiger partial charge < -0.3 is 64.3 Å². The van der Waals surface area contributed by atoms with Crippen LogP contribution in [0, 0.1) is 0 Å². The lowest BCUT2D eigenvalue weighted by Gasteiger charge is -2.37. The van der Waals surface area contributed by atoms with Crippen molar-refractivity contribution in [1.29, 1.82) is 0 Å². The Morgan fingerprint density at radius 3 is 0.590 bits per heavy atom. The first-order valence-corrected chi connectivity index (χ1v) is 59.7. The molecule has 0 spiro atoms. The van der Waals surface area contributed by atoms with Crippen molar-refractivity contribution in [2.24, 2.45) is 0 Å². The molecule has 2 unspecified atom stereocenters. The summed E-state index contributed by atoms with van der Waals surface area (Å²) in [7, 11) is 13.3. The van der Waals surface area contributed by atoms with Crippen molar-refractivity contribution in [3.05, 3.63) is 287 Å². The zero-order chi connectivity index (χ0) is 106. The van der Waals surface area contributed by atoms with Gasteiger partial charge in [0.1, 0.15) is 39.3 Å². The van der Waals surface area contributed by atoms with E-state index in [1.54, 1.807) is 0 Å². The fraction of sp³-hybridized carbons (Fsp3) is 0.625. The second-order valence-corrected chi connectivity index (χ2v) is 43.8. The van der Waals surface area contributed by atoms with Crippen LogP contribution in [-0.2, 0) is 78.8 Å². The Hall–Kier alpha value is -6.10. The number of ether oxygens (including phenoxy) is 6. The summed E-state index contributed by atoms with van der Waals surface area (Å²) in [5, 5.41) is 0. The quantitative estimate of drug-likeness (QED) is 0.0276. The maximum atomic E-state index is 5.91. The number of hydrogen-bond donors (Lipinski definition) is 0. The highest BCUT2D eigenvalue weighted by Crippen LogP contribution is 2.20. The van der Waals surface area contributed by atoms with Crippen molar-refractivity contribution in [1.82, 2.24) is 0 Å². The molecule has 0 radical (unpaired) electrons. The number of rotatable bonds is 72. The lowest BCUT2D eigenvalue weighted by molar-refractivity contribution is -0.927. The Bertz CT molecular complexity index is 4010. The fourth-order valence-corrected chi connectivity index (χ4v) is 20.7. The summed E-state index contributed by atoms with van der Waals surface area (Å²) in [6.07, 6.45) is 16.9. The van der Waals surface area contributed by atoms with Gasteiger partial charge in [0.2, 0.25) is 0 Å². The van der Waals surface area contributed by atoms with Crippen molar-refractivity contribution in [2.45, 2.75) is 239 Å². The van der Waals surface area contributed by atoms with Gasteiger partial charge in [-0.3, -0.25) is 0 Å². The number of unbranched alkanes of at least 4 members (excludes halogenated alkanes) is 2.